The lowest BCUT2D eigenvalue weighted by Crippen LogP contribution is -2.29. The maximum Gasteiger partial charge on any atom is 0.372 e. The fourth-order valence-corrected chi connectivity index (χ4v) is 2.99. The zero-order valence-electron chi connectivity index (χ0n) is 13.7. The van der Waals surface area contributed by atoms with Crippen LogP contribution in [0.4, 0.5) is 0 Å². The minimum absolute atomic E-state index is 0.0808. The molecular formula is C17H18N2O5. The number of aromatic carboxylic acids is 1. The Bertz CT molecular complexity index is 828. The van der Waals surface area contributed by atoms with E-state index in [0.29, 0.717) is 35.4 Å². The molecule has 1 amide bonds. The summed E-state index contributed by atoms with van der Waals surface area (Å²) >= 11 is 0. The maximum atomic E-state index is 12.0. The van der Waals surface area contributed by atoms with E-state index in [2.05, 4.69) is 10.5 Å². The summed E-state index contributed by atoms with van der Waals surface area (Å²) in [5.41, 5.74) is 4.12. The van der Waals surface area contributed by atoms with E-state index in [1.807, 2.05) is 13.8 Å². The molecule has 3 rings (SSSR count). The van der Waals surface area contributed by atoms with Crippen LogP contribution in [0, 0.1) is 12.3 Å². The Labute approximate surface area is 138 Å². The molecule has 2 aromatic rings. The first kappa shape index (κ1) is 16.0. The number of carbonyl (C=O) groups is 2. The highest BCUT2D eigenvalue weighted by molar-refractivity contribution is 6.06. The number of furan rings is 2. The van der Waals surface area contributed by atoms with Crippen molar-refractivity contribution in [2.24, 2.45) is 10.5 Å². The summed E-state index contributed by atoms with van der Waals surface area (Å²) in [4.78, 5) is 23.3. The zero-order chi connectivity index (χ0) is 17.5. The van der Waals surface area contributed by atoms with Gasteiger partial charge in [-0.2, -0.15) is 5.10 Å². The van der Waals surface area contributed by atoms with Gasteiger partial charge in [0, 0.05) is 17.5 Å². The molecule has 7 heteroatoms. The van der Waals surface area contributed by atoms with Crippen LogP contribution in [-0.2, 0) is 6.42 Å². The minimum atomic E-state index is -1.11. The molecule has 0 aromatic carbocycles. The Balaban J connectivity index is 1.98. The van der Waals surface area contributed by atoms with E-state index in [-0.39, 0.29) is 16.9 Å². The van der Waals surface area contributed by atoms with Gasteiger partial charge in [0.05, 0.1) is 12.0 Å². The standard InChI is InChI=1S/C17H18N2O5/c1-9-13-10(18-19-15(20)11-5-4-6-23-11)7-17(2,3)8-12(13)24-14(9)16(21)22/h4-6H,7-8H2,1-3H3,(H,19,20)(H,21,22)/b18-10+. The lowest BCUT2D eigenvalue weighted by molar-refractivity contribution is 0.0657. The summed E-state index contributed by atoms with van der Waals surface area (Å²) in [6, 6.07) is 3.15. The third-order valence-electron chi connectivity index (χ3n) is 4.02. The van der Waals surface area contributed by atoms with Gasteiger partial charge in [-0.15, -0.1) is 0 Å². The molecular weight excluding hydrogens is 312 g/mol. The van der Waals surface area contributed by atoms with Crippen LogP contribution in [0.2, 0.25) is 0 Å². The monoisotopic (exact) mass is 330 g/mol. The van der Waals surface area contributed by atoms with Gasteiger partial charge < -0.3 is 13.9 Å². The van der Waals surface area contributed by atoms with E-state index < -0.39 is 11.9 Å². The second-order valence-electron chi connectivity index (χ2n) is 6.65. The van der Waals surface area contributed by atoms with Crippen molar-refractivity contribution in [3.8, 4) is 0 Å². The molecule has 0 atom stereocenters. The number of amides is 1. The first-order valence-corrected chi connectivity index (χ1v) is 7.55. The lowest BCUT2D eigenvalue weighted by Gasteiger charge is -2.29. The highest BCUT2D eigenvalue weighted by Gasteiger charge is 2.36. The summed E-state index contributed by atoms with van der Waals surface area (Å²) in [5, 5.41) is 13.5. The van der Waals surface area contributed by atoms with Crippen LogP contribution in [0.25, 0.3) is 0 Å². The van der Waals surface area contributed by atoms with E-state index in [1.54, 1.807) is 13.0 Å². The number of rotatable bonds is 3. The predicted molar refractivity (Wildman–Crippen MR) is 85.2 cm³/mol. The van der Waals surface area contributed by atoms with E-state index in [1.165, 1.54) is 12.3 Å². The van der Waals surface area contributed by atoms with Crippen LogP contribution >= 0.6 is 0 Å². The normalized spacial score (nSPS) is 17.5. The molecule has 1 aliphatic rings. The Hall–Kier alpha value is -2.83. The van der Waals surface area contributed by atoms with Gasteiger partial charge in [-0.3, -0.25) is 4.79 Å². The van der Waals surface area contributed by atoms with Crippen LogP contribution in [0.15, 0.2) is 32.3 Å². The fourth-order valence-electron chi connectivity index (χ4n) is 2.99. The zero-order valence-corrected chi connectivity index (χ0v) is 13.7. The molecule has 2 N–H and O–H groups in total. The molecule has 0 radical (unpaired) electrons. The fraction of sp³-hybridized carbons (Fsp3) is 0.353. The first-order valence-electron chi connectivity index (χ1n) is 7.55. The number of carbonyl (C=O) groups excluding carboxylic acids is 1. The first-order chi connectivity index (χ1) is 11.3. The number of fused-ring (bicyclic) bond motifs is 1. The Kier molecular flexibility index (Phi) is 3.79. The van der Waals surface area contributed by atoms with E-state index in [9.17, 15) is 14.7 Å². The maximum absolute atomic E-state index is 12.0. The van der Waals surface area contributed by atoms with Gasteiger partial charge in [-0.05, 0) is 30.9 Å². The van der Waals surface area contributed by atoms with Crippen LogP contribution in [0.3, 0.4) is 0 Å². The Morgan fingerprint density at radius 3 is 2.71 bits per heavy atom. The van der Waals surface area contributed by atoms with Crippen molar-refractivity contribution in [3.63, 3.8) is 0 Å². The third-order valence-corrected chi connectivity index (χ3v) is 4.02. The Morgan fingerprint density at radius 2 is 2.08 bits per heavy atom. The molecule has 24 heavy (non-hydrogen) atoms. The molecule has 0 aliphatic heterocycles. The molecule has 0 unspecified atom stereocenters. The number of nitrogens with one attached hydrogen (secondary N) is 1. The van der Waals surface area contributed by atoms with Crippen molar-refractivity contribution in [1.82, 2.24) is 5.43 Å². The van der Waals surface area contributed by atoms with Gasteiger partial charge >= 0.3 is 11.9 Å². The molecule has 2 aromatic heterocycles. The van der Waals surface area contributed by atoms with Crippen molar-refractivity contribution >= 4 is 17.6 Å². The SMILES string of the molecule is Cc1c(C(=O)O)oc2c1/C(=N/NC(=O)c1ccco1)CC(C)(C)C2. The van der Waals surface area contributed by atoms with E-state index in [0.717, 1.165) is 0 Å². The molecule has 126 valence electrons. The second-order valence-corrected chi connectivity index (χ2v) is 6.65. The molecule has 0 bridgehead atoms. The largest absolute Gasteiger partial charge is 0.475 e. The predicted octanol–water partition coefficient (Wildman–Crippen LogP) is 2.99. The van der Waals surface area contributed by atoms with Crippen LogP contribution < -0.4 is 5.43 Å². The van der Waals surface area contributed by atoms with Crippen molar-refractivity contribution in [3.05, 3.63) is 46.8 Å². The molecule has 0 fully saturated rings. The second kappa shape index (κ2) is 5.67. The van der Waals surface area contributed by atoms with Gasteiger partial charge in [0.15, 0.2) is 5.76 Å². The molecule has 0 saturated heterocycles. The summed E-state index contributed by atoms with van der Waals surface area (Å²) in [6.45, 7) is 5.77. The number of carboxylic acids is 1. The highest BCUT2D eigenvalue weighted by Crippen LogP contribution is 2.38. The topological polar surface area (TPSA) is 105 Å². The number of carboxylic acid groups (broad SMARTS) is 1. The van der Waals surface area contributed by atoms with Gasteiger partial charge in [0.25, 0.3) is 0 Å². The van der Waals surface area contributed by atoms with Crippen LogP contribution in [-0.4, -0.2) is 22.7 Å². The van der Waals surface area contributed by atoms with Gasteiger partial charge in [-0.25, -0.2) is 10.2 Å². The van der Waals surface area contributed by atoms with Gasteiger partial charge in [-0.1, -0.05) is 13.8 Å². The smallest absolute Gasteiger partial charge is 0.372 e. The number of hydrogen-bond donors (Lipinski definition) is 2. The molecule has 2 heterocycles. The minimum Gasteiger partial charge on any atom is -0.475 e. The summed E-state index contributed by atoms with van der Waals surface area (Å²) in [6.07, 6.45) is 2.61. The number of hydrogen-bond acceptors (Lipinski definition) is 5. The number of nitrogens with zero attached hydrogens (tertiary/aromatic N) is 1. The summed E-state index contributed by atoms with van der Waals surface area (Å²) in [5.74, 6) is -0.907. The summed E-state index contributed by atoms with van der Waals surface area (Å²) in [7, 11) is 0. The van der Waals surface area contributed by atoms with Gasteiger partial charge in [0.2, 0.25) is 5.76 Å². The molecule has 1 aliphatic carbocycles. The Morgan fingerprint density at radius 1 is 1.33 bits per heavy atom. The van der Waals surface area contributed by atoms with Crippen molar-refractivity contribution in [2.45, 2.75) is 33.6 Å². The summed E-state index contributed by atoms with van der Waals surface area (Å²) < 4.78 is 10.6. The van der Waals surface area contributed by atoms with Gasteiger partial charge in [0.1, 0.15) is 5.76 Å². The van der Waals surface area contributed by atoms with Crippen molar-refractivity contribution < 1.29 is 23.5 Å². The van der Waals surface area contributed by atoms with Crippen LogP contribution in [0.1, 0.15) is 58.3 Å². The van der Waals surface area contributed by atoms with Crippen LogP contribution in [0.5, 0.6) is 0 Å². The lowest BCUT2D eigenvalue weighted by atomic mass is 9.75. The third kappa shape index (κ3) is 2.84. The average Bonchev–Trinajstić information content (AvgIpc) is 3.11. The molecule has 7 nitrogen and oxygen atoms in total. The highest BCUT2D eigenvalue weighted by atomic mass is 16.4. The quantitative estimate of drug-likeness (QED) is 0.842. The van der Waals surface area contributed by atoms with E-state index in [4.69, 9.17) is 8.83 Å². The number of hydrazone groups is 1. The molecule has 0 saturated carbocycles. The van der Waals surface area contributed by atoms with E-state index >= 15 is 0 Å². The molecule has 0 spiro atoms. The van der Waals surface area contributed by atoms with Crippen molar-refractivity contribution in [2.75, 3.05) is 0 Å². The average molecular weight is 330 g/mol. The van der Waals surface area contributed by atoms with Crippen molar-refractivity contribution in [1.29, 1.82) is 0 Å².